The van der Waals surface area contributed by atoms with Crippen molar-refractivity contribution in [2.75, 3.05) is 71.7 Å². The summed E-state index contributed by atoms with van der Waals surface area (Å²) >= 11 is 7.71. The molecule has 1 aromatic rings. The monoisotopic (exact) mass is 1290 g/mol. The number of ether oxygens (including phenoxy) is 5. The maximum atomic E-state index is 14.4. The van der Waals surface area contributed by atoms with Gasteiger partial charge in [-0.25, -0.2) is 9.59 Å². The molecule has 5 rings (SSSR count). The number of benzene rings is 1. The lowest BCUT2D eigenvalue weighted by Gasteiger charge is -2.42. The number of carbonyl (C=O) groups excluding carboxylic acids is 10. The molecule has 4 bridgehead atoms. The zero-order valence-electron chi connectivity index (χ0n) is 51.6. The van der Waals surface area contributed by atoms with Crippen molar-refractivity contribution in [1.82, 2.24) is 36.8 Å². The lowest BCUT2D eigenvalue weighted by Crippen LogP contribution is -2.63. The summed E-state index contributed by atoms with van der Waals surface area (Å²) in [5, 5.41) is 36.1. The summed E-state index contributed by atoms with van der Waals surface area (Å²) in [4.78, 5) is 143. The highest BCUT2D eigenvalue weighted by Crippen LogP contribution is 2.49. The number of aliphatic hydroxyl groups is 1. The Balaban J connectivity index is 1.10. The van der Waals surface area contributed by atoms with Gasteiger partial charge in [0.1, 0.15) is 52.0 Å². The summed E-state index contributed by atoms with van der Waals surface area (Å²) < 4.78 is 29.4. The fraction of sp³-hybridized carbons (Fsp3) is 0.644. The normalized spacial score (nSPS) is 26.3. The number of methoxy groups -OCH3 is 2. The molecule has 1 aromatic carbocycles. The number of hydrogen-bond donors (Lipinski definition) is 10. The van der Waals surface area contributed by atoms with Crippen LogP contribution in [0.5, 0.6) is 5.75 Å². The summed E-state index contributed by atoms with van der Waals surface area (Å²) in [6.07, 6.45) is 2.96. The van der Waals surface area contributed by atoms with Crippen molar-refractivity contribution in [2.24, 2.45) is 29.2 Å². The van der Waals surface area contributed by atoms with Crippen molar-refractivity contribution >= 4 is 94.3 Å². The number of thioether (sulfide) groups is 1. The molecule has 28 nitrogen and oxygen atoms in total. The molecule has 494 valence electrons. The van der Waals surface area contributed by atoms with Crippen LogP contribution in [0, 0.1) is 17.8 Å². The average molecular weight is 1290 g/mol. The van der Waals surface area contributed by atoms with E-state index in [0.717, 1.165) is 27.8 Å². The van der Waals surface area contributed by atoms with E-state index in [1.54, 1.807) is 38.1 Å². The molecule has 3 aliphatic heterocycles. The van der Waals surface area contributed by atoms with Crippen LogP contribution < -0.4 is 53.0 Å². The van der Waals surface area contributed by atoms with Crippen LogP contribution in [-0.4, -0.2) is 200 Å². The number of nitrogens with one attached hydrogen (secondary N) is 6. The molecule has 89 heavy (non-hydrogen) atoms. The second-order valence-corrected chi connectivity index (χ2v) is 24.8. The third-order valence-corrected chi connectivity index (χ3v) is 18.2. The number of carbonyl (C=O) groups is 11. The van der Waals surface area contributed by atoms with E-state index < -0.39 is 131 Å². The van der Waals surface area contributed by atoms with E-state index in [4.69, 9.17) is 46.8 Å². The molecule has 3 unspecified atom stereocenters. The summed E-state index contributed by atoms with van der Waals surface area (Å²) in [5.74, 6) is -7.01. The van der Waals surface area contributed by atoms with Crippen molar-refractivity contribution in [3.8, 4) is 5.75 Å². The van der Waals surface area contributed by atoms with Crippen molar-refractivity contribution in [3.63, 3.8) is 0 Å². The smallest absolute Gasteiger partial charge is 0.409 e. The van der Waals surface area contributed by atoms with E-state index in [1.165, 1.54) is 40.1 Å². The summed E-state index contributed by atoms with van der Waals surface area (Å²) in [6, 6.07) is 1.26. The van der Waals surface area contributed by atoms with Crippen LogP contribution in [0.25, 0.3) is 0 Å². The van der Waals surface area contributed by atoms with Crippen molar-refractivity contribution in [1.29, 1.82) is 0 Å². The second kappa shape index (κ2) is 33.7. The number of amides is 9. The molecule has 3 fully saturated rings. The van der Waals surface area contributed by atoms with Crippen molar-refractivity contribution < 1.29 is 86.6 Å². The number of halogens is 1. The first-order valence-electron chi connectivity index (χ1n) is 29.6. The third-order valence-electron chi connectivity index (χ3n) is 16.6. The Hall–Kier alpha value is -7.05. The standard InChI is InChI=1S/C59H87ClN10O18S/c1-32-12-11-14-43(85-8)59(83)27-41(86-57(82)68-59)33(2)52-58(4,88-52)44(26-50(76)70(6)39-23-36(22-32)24-40(84-7)51(39)60)87-56(81)34(3)69(5)49(75)19-21-89-42(55(79)80)25-45(71)64-29-35-15-17-37(18-16-35)54(78)63-20-10-9-13-38(53(62)77)67-48(74)31-66-47(73)30-65-46(72)28-61/h11-12,14,23-24,33-35,37-38,41-44,52,83H,9-10,13,15-22,25-31,61H2,1-8H3,(H2,62,77)(H,63,78)(H,64,71)(H,65,72)(H,66,73)(H,67,74)(H,68,82)(H,79,80)/b14-11+,32-12+/t33-,34+,35?,37?,38?,41?,42?,43-,44+,52+,58+,59+/m1/s1. The molecular weight excluding hydrogens is 1200 g/mol. The fourth-order valence-electron chi connectivity index (χ4n) is 10.9. The molecule has 30 heteroatoms. The predicted octanol–water partition coefficient (Wildman–Crippen LogP) is 0.851. The number of rotatable bonds is 27. The van der Waals surface area contributed by atoms with Gasteiger partial charge < -0.3 is 81.7 Å². The molecule has 4 aliphatic rings. The number of nitrogens with zero attached hydrogens (tertiary/aromatic N) is 2. The van der Waals surface area contributed by atoms with Gasteiger partial charge in [0.05, 0.1) is 45.0 Å². The first kappa shape index (κ1) is 72.7. The molecule has 1 saturated carbocycles. The van der Waals surface area contributed by atoms with Crippen LogP contribution in [-0.2, 0) is 73.3 Å². The van der Waals surface area contributed by atoms with Crippen LogP contribution in [0.15, 0.2) is 35.9 Å². The minimum absolute atomic E-state index is 0.0200. The number of allylic oxidation sites excluding steroid dienone is 3. The molecule has 0 radical (unpaired) electrons. The fourth-order valence-corrected chi connectivity index (χ4v) is 12.2. The number of aliphatic carboxylic acids is 1. The number of unbranched alkanes of at least 4 members (excludes halogenated alkanes) is 1. The molecule has 9 amide bonds. The highest BCUT2D eigenvalue weighted by Gasteiger charge is 2.64. The molecular formula is C59H87ClN10O18S. The number of anilines is 1. The Morgan fingerprint density at radius 2 is 1.66 bits per heavy atom. The lowest BCUT2D eigenvalue weighted by molar-refractivity contribution is -0.162. The predicted molar refractivity (Wildman–Crippen MR) is 326 cm³/mol. The number of carboxylic acid groups (broad SMARTS) is 1. The second-order valence-electron chi connectivity index (χ2n) is 23.1. The van der Waals surface area contributed by atoms with Crippen LogP contribution in [0.1, 0.15) is 104 Å². The number of likely N-dealkylation sites (N-methyl/N-ethyl adjacent to an activating group) is 1. The van der Waals surface area contributed by atoms with Gasteiger partial charge in [-0.2, -0.15) is 0 Å². The van der Waals surface area contributed by atoms with Crippen LogP contribution in [0.2, 0.25) is 5.02 Å². The Labute approximate surface area is 526 Å². The first-order valence-corrected chi connectivity index (χ1v) is 31.0. The SMILES string of the molecule is COc1cc2cc(c1Cl)N(C)C(=O)C[C@H](OC(=O)[C@H](C)N(C)C(=O)CCSC(CC(=O)NCC1CCC(C(=O)NCCCCC(NC(=O)CNC(=O)CNC(=O)CN)C(N)=O)CC1)C(=O)O)[C@]1(C)O[C@H]1[C@H](C)C1C[C@@](O)(NC(=O)O1)[C@H](OC)/C=C/C=C(\C)C2. The van der Waals surface area contributed by atoms with Gasteiger partial charge in [0, 0.05) is 71.1 Å². The van der Waals surface area contributed by atoms with Gasteiger partial charge in [-0.15, -0.1) is 11.8 Å². The zero-order chi connectivity index (χ0) is 65.9. The molecule has 2 saturated heterocycles. The number of epoxide rings is 1. The maximum Gasteiger partial charge on any atom is 0.409 e. The highest BCUT2D eigenvalue weighted by molar-refractivity contribution is 8.00. The topological polar surface area (TPSA) is 408 Å². The Kier molecular flexibility index (Phi) is 27.5. The van der Waals surface area contributed by atoms with Gasteiger partial charge in [0.25, 0.3) is 0 Å². The van der Waals surface area contributed by atoms with Gasteiger partial charge in [-0.1, -0.05) is 42.3 Å². The van der Waals surface area contributed by atoms with E-state index in [2.05, 4.69) is 31.9 Å². The Bertz CT molecular complexity index is 2820. The van der Waals surface area contributed by atoms with Crippen molar-refractivity contribution in [2.45, 2.75) is 158 Å². The summed E-state index contributed by atoms with van der Waals surface area (Å²) in [6.45, 7) is 6.18. The zero-order valence-corrected chi connectivity index (χ0v) is 53.2. The van der Waals surface area contributed by atoms with E-state index >= 15 is 0 Å². The molecule has 0 aromatic heterocycles. The van der Waals surface area contributed by atoms with Crippen LogP contribution in [0.3, 0.4) is 0 Å². The Morgan fingerprint density at radius 1 is 0.978 bits per heavy atom. The number of alkyl carbamates (subject to hydrolysis) is 1. The number of carboxylic acids is 1. The summed E-state index contributed by atoms with van der Waals surface area (Å²) in [7, 11) is 5.74. The molecule has 1 aliphatic carbocycles. The first-order chi connectivity index (χ1) is 42.0. The van der Waals surface area contributed by atoms with Gasteiger partial charge in [0.15, 0.2) is 5.72 Å². The molecule has 0 spiro atoms. The van der Waals surface area contributed by atoms with Gasteiger partial charge in [-0.3, -0.25) is 48.5 Å². The van der Waals surface area contributed by atoms with Crippen molar-refractivity contribution in [3.05, 3.63) is 46.5 Å². The minimum Gasteiger partial charge on any atom is -0.495 e. The molecule has 10 atom stereocenters. The van der Waals surface area contributed by atoms with Crippen LogP contribution >= 0.6 is 23.4 Å². The van der Waals surface area contributed by atoms with E-state index in [-0.39, 0.29) is 73.8 Å². The van der Waals surface area contributed by atoms with Gasteiger partial charge in [0.2, 0.25) is 47.3 Å². The number of fused-ring (bicyclic) bond motifs is 5. The number of primary amides is 1. The number of hydrogen-bond acceptors (Lipinski definition) is 19. The maximum absolute atomic E-state index is 14.4. The molecule has 3 heterocycles. The summed E-state index contributed by atoms with van der Waals surface area (Å²) in [5.41, 5.74) is 9.27. The number of esters is 1. The van der Waals surface area contributed by atoms with Crippen LogP contribution in [0.4, 0.5) is 10.5 Å². The van der Waals surface area contributed by atoms with E-state index in [9.17, 15) is 63.0 Å². The minimum atomic E-state index is -1.91. The quantitative estimate of drug-likeness (QED) is 0.0332. The molecule has 12 N–H and O–H groups in total. The highest BCUT2D eigenvalue weighted by atomic mass is 35.5. The Morgan fingerprint density at radius 3 is 2.31 bits per heavy atom. The number of nitrogens with two attached hydrogens (primary N) is 2. The largest absolute Gasteiger partial charge is 0.495 e. The average Bonchev–Trinajstić information content (AvgIpc) is 1.62. The van der Waals surface area contributed by atoms with Gasteiger partial charge in [-0.05, 0) is 95.8 Å². The van der Waals surface area contributed by atoms with Gasteiger partial charge >= 0.3 is 18.0 Å². The third kappa shape index (κ3) is 21.0. The lowest BCUT2D eigenvalue weighted by atomic mass is 9.81. The van der Waals surface area contributed by atoms with E-state index in [0.29, 0.717) is 62.9 Å². The van der Waals surface area contributed by atoms with E-state index in [1.807, 2.05) is 13.0 Å².